The smallest absolute Gasteiger partial charge is 0.192 e. The number of rotatable bonds is 4. The minimum atomic E-state index is 0.0785. The van der Waals surface area contributed by atoms with Gasteiger partial charge in [-0.1, -0.05) is 18.2 Å². The molecule has 5 heteroatoms. The molecule has 26 heavy (non-hydrogen) atoms. The topological polar surface area (TPSA) is 57.0 Å². The van der Waals surface area contributed by atoms with E-state index in [-0.39, 0.29) is 5.78 Å². The highest BCUT2D eigenvalue weighted by molar-refractivity contribution is 6.12. The third-order valence-corrected chi connectivity index (χ3v) is 4.56. The van der Waals surface area contributed by atoms with E-state index >= 15 is 0 Å². The summed E-state index contributed by atoms with van der Waals surface area (Å²) < 4.78 is 7.54. The highest BCUT2D eigenvalue weighted by Crippen LogP contribution is 2.26. The normalized spacial score (nSPS) is 15.1. The van der Waals surface area contributed by atoms with Crippen LogP contribution in [0.5, 0.6) is 5.75 Å². The van der Waals surface area contributed by atoms with Crippen molar-refractivity contribution in [1.82, 2.24) is 14.8 Å². The van der Waals surface area contributed by atoms with E-state index in [1.54, 1.807) is 17.1 Å². The van der Waals surface area contributed by atoms with Gasteiger partial charge in [-0.15, -0.1) is 0 Å². The number of carbonyl (C=O) groups excluding carboxylic acids is 1. The maximum Gasteiger partial charge on any atom is 0.192 e. The van der Waals surface area contributed by atoms with Crippen LogP contribution in [0.2, 0.25) is 0 Å². The van der Waals surface area contributed by atoms with Crippen LogP contribution >= 0.6 is 0 Å². The largest absolute Gasteiger partial charge is 0.487 e. The molecular formula is C21H19N3O2. The molecule has 2 heterocycles. The first kappa shape index (κ1) is 16.3. The number of Topliss-reactive ketones (excluding diaryl/α,β-unsaturated/α-hetero) is 1. The zero-order chi connectivity index (χ0) is 17.9. The molecule has 0 bridgehead atoms. The average molecular weight is 345 g/mol. The summed E-state index contributed by atoms with van der Waals surface area (Å²) in [5.41, 5.74) is 4.45. The van der Waals surface area contributed by atoms with E-state index in [1.807, 2.05) is 55.6 Å². The summed E-state index contributed by atoms with van der Waals surface area (Å²) >= 11 is 0. The molecule has 130 valence electrons. The number of benzene rings is 1. The van der Waals surface area contributed by atoms with Crippen molar-refractivity contribution in [3.63, 3.8) is 0 Å². The zero-order valence-electron chi connectivity index (χ0n) is 14.6. The van der Waals surface area contributed by atoms with Crippen LogP contribution in [0.25, 0.3) is 6.08 Å². The Balaban J connectivity index is 1.46. The Morgan fingerprint density at radius 2 is 2.00 bits per heavy atom. The Labute approximate surface area is 152 Å². The summed E-state index contributed by atoms with van der Waals surface area (Å²) in [4.78, 5) is 16.8. The first-order valence-electron chi connectivity index (χ1n) is 8.59. The molecule has 3 aromatic rings. The van der Waals surface area contributed by atoms with Crippen molar-refractivity contribution < 1.29 is 9.53 Å². The van der Waals surface area contributed by atoms with Crippen LogP contribution in [0.4, 0.5) is 0 Å². The van der Waals surface area contributed by atoms with E-state index < -0.39 is 0 Å². The van der Waals surface area contributed by atoms with Gasteiger partial charge in [-0.05, 0) is 48.7 Å². The second-order valence-corrected chi connectivity index (χ2v) is 6.31. The van der Waals surface area contributed by atoms with Gasteiger partial charge in [-0.25, -0.2) is 0 Å². The number of aromatic nitrogens is 3. The lowest BCUT2D eigenvalue weighted by molar-refractivity contribution is 0.102. The summed E-state index contributed by atoms with van der Waals surface area (Å²) in [6, 6.07) is 13.5. The number of nitrogens with zero attached hydrogens (tertiary/aromatic N) is 3. The van der Waals surface area contributed by atoms with Gasteiger partial charge >= 0.3 is 0 Å². The van der Waals surface area contributed by atoms with E-state index in [1.165, 1.54) is 0 Å². The third kappa shape index (κ3) is 3.28. The van der Waals surface area contributed by atoms with Crippen LogP contribution in [0.3, 0.4) is 0 Å². The van der Waals surface area contributed by atoms with Gasteiger partial charge < -0.3 is 4.74 Å². The standard InChI is InChI=1S/C21H19N3O2/c1-24-20-10-7-16(21(25)19(20)13-23-24)12-15-5-8-18(9-6-15)26-14-17-4-2-3-11-22-17/h2-6,8-9,11-13H,7,10,14H2,1H3/b16-12+. The predicted molar refractivity (Wildman–Crippen MR) is 98.8 cm³/mol. The summed E-state index contributed by atoms with van der Waals surface area (Å²) in [7, 11) is 1.88. The maximum absolute atomic E-state index is 12.6. The van der Waals surface area contributed by atoms with Gasteiger partial charge in [0.25, 0.3) is 0 Å². The molecule has 0 atom stereocenters. The fourth-order valence-corrected chi connectivity index (χ4v) is 3.13. The summed E-state index contributed by atoms with van der Waals surface area (Å²) in [5.74, 6) is 0.858. The van der Waals surface area contributed by atoms with Crippen LogP contribution < -0.4 is 4.74 Å². The zero-order valence-corrected chi connectivity index (χ0v) is 14.6. The summed E-state index contributed by atoms with van der Waals surface area (Å²) in [5, 5.41) is 4.19. The molecule has 0 amide bonds. The molecule has 0 spiro atoms. The molecule has 0 saturated heterocycles. The summed E-state index contributed by atoms with van der Waals surface area (Å²) in [6.07, 6.45) is 6.96. The van der Waals surface area contributed by atoms with Crippen molar-refractivity contribution in [3.8, 4) is 5.75 Å². The minimum Gasteiger partial charge on any atom is -0.487 e. The van der Waals surface area contributed by atoms with Gasteiger partial charge in [-0.3, -0.25) is 14.5 Å². The predicted octanol–water partition coefficient (Wildman–Crippen LogP) is 3.61. The fraction of sp³-hybridized carbons (Fsp3) is 0.190. The lowest BCUT2D eigenvalue weighted by Crippen LogP contribution is -2.14. The Morgan fingerprint density at radius 3 is 2.77 bits per heavy atom. The summed E-state index contributed by atoms with van der Waals surface area (Å²) in [6.45, 7) is 0.434. The molecule has 1 aromatic carbocycles. The monoisotopic (exact) mass is 345 g/mol. The first-order chi connectivity index (χ1) is 12.7. The second kappa shape index (κ2) is 6.96. The molecule has 0 N–H and O–H groups in total. The molecule has 2 aromatic heterocycles. The third-order valence-electron chi connectivity index (χ3n) is 4.56. The van der Waals surface area contributed by atoms with Crippen LogP contribution in [0.1, 0.15) is 33.7 Å². The molecule has 0 unspecified atom stereocenters. The van der Waals surface area contributed by atoms with Crippen molar-refractivity contribution in [3.05, 3.63) is 82.9 Å². The first-order valence-corrected chi connectivity index (χ1v) is 8.59. The Morgan fingerprint density at radius 1 is 1.15 bits per heavy atom. The van der Waals surface area contributed by atoms with E-state index in [0.29, 0.717) is 6.61 Å². The molecule has 0 fully saturated rings. The number of ketones is 1. The average Bonchev–Trinajstić information content (AvgIpc) is 3.06. The maximum atomic E-state index is 12.6. The van der Waals surface area contributed by atoms with Crippen LogP contribution in [0, 0.1) is 0 Å². The van der Waals surface area contributed by atoms with Crippen molar-refractivity contribution in [2.45, 2.75) is 19.4 Å². The van der Waals surface area contributed by atoms with E-state index in [4.69, 9.17) is 4.74 Å². The molecule has 4 rings (SSSR count). The van der Waals surface area contributed by atoms with E-state index in [9.17, 15) is 4.79 Å². The van der Waals surface area contributed by atoms with Crippen LogP contribution in [0.15, 0.2) is 60.4 Å². The van der Waals surface area contributed by atoms with Crippen LogP contribution in [-0.2, 0) is 20.1 Å². The number of ether oxygens (including phenoxy) is 1. The number of fused-ring (bicyclic) bond motifs is 1. The molecule has 1 aliphatic carbocycles. The number of allylic oxidation sites excluding steroid dienone is 1. The molecular weight excluding hydrogens is 326 g/mol. The van der Waals surface area contributed by atoms with Crippen molar-refractivity contribution >= 4 is 11.9 Å². The van der Waals surface area contributed by atoms with Crippen molar-refractivity contribution in [2.24, 2.45) is 7.05 Å². The van der Waals surface area contributed by atoms with Gasteiger partial charge in [0, 0.05) is 24.5 Å². The van der Waals surface area contributed by atoms with E-state index in [2.05, 4.69) is 10.1 Å². The lowest BCUT2D eigenvalue weighted by Gasteiger charge is -2.14. The van der Waals surface area contributed by atoms with E-state index in [0.717, 1.165) is 46.7 Å². The number of hydrogen-bond acceptors (Lipinski definition) is 4. The lowest BCUT2D eigenvalue weighted by atomic mass is 9.90. The molecule has 0 radical (unpaired) electrons. The van der Waals surface area contributed by atoms with Gasteiger partial charge in [0.2, 0.25) is 0 Å². The quantitative estimate of drug-likeness (QED) is 0.678. The molecule has 0 saturated carbocycles. The van der Waals surface area contributed by atoms with Crippen LogP contribution in [-0.4, -0.2) is 20.5 Å². The van der Waals surface area contributed by atoms with Crippen molar-refractivity contribution in [2.75, 3.05) is 0 Å². The number of pyridine rings is 1. The molecule has 1 aliphatic rings. The highest BCUT2D eigenvalue weighted by atomic mass is 16.5. The molecule has 0 aliphatic heterocycles. The molecule has 5 nitrogen and oxygen atoms in total. The second-order valence-electron chi connectivity index (χ2n) is 6.31. The Hall–Kier alpha value is -3.21. The van der Waals surface area contributed by atoms with Gasteiger partial charge in [-0.2, -0.15) is 5.10 Å². The van der Waals surface area contributed by atoms with Gasteiger partial charge in [0.05, 0.1) is 17.5 Å². The SMILES string of the molecule is Cn1ncc2c1CC/C(=C\c1ccc(OCc3ccccn3)cc1)C2=O. The highest BCUT2D eigenvalue weighted by Gasteiger charge is 2.24. The number of aryl methyl sites for hydroxylation is 1. The Bertz CT molecular complexity index is 957. The number of hydrogen-bond donors (Lipinski definition) is 0. The van der Waals surface area contributed by atoms with Gasteiger partial charge in [0.15, 0.2) is 5.78 Å². The minimum absolute atomic E-state index is 0.0785. The van der Waals surface area contributed by atoms with Gasteiger partial charge in [0.1, 0.15) is 12.4 Å². The fourth-order valence-electron chi connectivity index (χ4n) is 3.13. The van der Waals surface area contributed by atoms with Crippen molar-refractivity contribution in [1.29, 1.82) is 0 Å². The number of carbonyl (C=O) groups is 1. The Kier molecular flexibility index (Phi) is 4.35.